The molecule has 144 valence electrons. The fourth-order valence-corrected chi connectivity index (χ4v) is 4.01. The average Bonchev–Trinajstić information content (AvgIpc) is 3.24. The van der Waals surface area contributed by atoms with Crippen molar-refractivity contribution in [1.82, 2.24) is 20.1 Å². The molecule has 3 atom stereocenters. The molecule has 1 unspecified atom stereocenters. The maximum absolute atomic E-state index is 12.8. The summed E-state index contributed by atoms with van der Waals surface area (Å²) in [4.78, 5) is 17.1. The molecule has 2 heterocycles. The Morgan fingerprint density at radius 2 is 2.11 bits per heavy atom. The monoisotopic (exact) mass is 369 g/mol. The Morgan fingerprint density at radius 1 is 1.22 bits per heavy atom. The molecule has 2 aliphatic rings. The van der Waals surface area contributed by atoms with Crippen LogP contribution in [0.15, 0.2) is 36.8 Å². The lowest BCUT2D eigenvalue weighted by atomic mass is 9.85. The van der Waals surface area contributed by atoms with Gasteiger partial charge in [0.1, 0.15) is 0 Å². The van der Waals surface area contributed by atoms with E-state index in [1.807, 2.05) is 29.1 Å². The first kappa shape index (κ1) is 18.0. The third-order valence-corrected chi connectivity index (χ3v) is 5.78. The molecule has 3 N–H and O–H groups in total. The number of anilines is 1. The van der Waals surface area contributed by atoms with Crippen LogP contribution < -0.4 is 10.6 Å². The molecule has 27 heavy (non-hydrogen) atoms. The van der Waals surface area contributed by atoms with E-state index in [2.05, 4.69) is 20.7 Å². The number of aliphatic hydroxyl groups excluding tert-OH is 1. The summed E-state index contributed by atoms with van der Waals surface area (Å²) >= 11 is 0. The number of nitrogens with zero attached hydrogens (tertiary/aromatic N) is 3. The van der Waals surface area contributed by atoms with Crippen LogP contribution in [-0.4, -0.2) is 44.5 Å². The smallest absolute Gasteiger partial charge is 0.272 e. The highest BCUT2D eigenvalue weighted by Gasteiger charge is 2.34. The van der Waals surface area contributed by atoms with Crippen LogP contribution in [0.3, 0.4) is 0 Å². The second-order valence-electron chi connectivity index (χ2n) is 7.79. The maximum Gasteiger partial charge on any atom is 0.272 e. The van der Waals surface area contributed by atoms with E-state index in [4.69, 9.17) is 0 Å². The zero-order chi connectivity index (χ0) is 18.6. The van der Waals surface area contributed by atoms with Gasteiger partial charge in [-0.1, -0.05) is 6.42 Å². The Labute approximate surface area is 159 Å². The highest BCUT2D eigenvalue weighted by Crippen LogP contribution is 2.29. The van der Waals surface area contributed by atoms with Gasteiger partial charge in [-0.05, 0) is 55.7 Å². The molecule has 0 bridgehead atoms. The predicted molar refractivity (Wildman–Crippen MR) is 102 cm³/mol. The topological polar surface area (TPSA) is 92.1 Å². The van der Waals surface area contributed by atoms with Gasteiger partial charge in [-0.25, -0.2) is 4.98 Å². The van der Waals surface area contributed by atoms with Crippen LogP contribution in [-0.2, 0) is 6.54 Å². The highest BCUT2D eigenvalue weighted by molar-refractivity contribution is 5.97. The summed E-state index contributed by atoms with van der Waals surface area (Å²) in [6.45, 7) is 1.64. The van der Waals surface area contributed by atoms with E-state index in [9.17, 15) is 9.90 Å². The van der Waals surface area contributed by atoms with E-state index in [0.29, 0.717) is 24.0 Å². The lowest BCUT2D eigenvalue weighted by Gasteiger charge is -2.26. The van der Waals surface area contributed by atoms with E-state index >= 15 is 0 Å². The van der Waals surface area contributed by atoms with Crippen LogP contribution in [0.2, 0.25) is 0 Å². The molecule has 0 aliphatic heterocycles. The summed E-state index contributed by atoms with van der Waals surface area (Å²) < 4.78 is 1.88. The van der Waals surface area contributed by atoms with Crippen LogP contribution in [0.1, 0.15) is 42.6 Å². The summed E-state index contributed by atoms with van der Waals surface area (Å²) in [5, 5.41) is 21.0. The van der Waals surface area contributed by atoms with Gasteiger partial charge < -0.3 is 15.7 Å². The molecule has 1 amide bonds. The molecular weight excluding hydrogens is 342 g/mol. The fraction of sp³-hybridized carbons (Fsp3) is 0.550. The minimum Gasteiger partial charge on any atom is -0.391 e. The van der Waals surface area contributed by atoms with Crippen molar-refractivity contribution in [3.63, 3.8) is 0 Å². The summed E-state index contributed by atoms with van der Waals surface area (Å²) in [7, 11) is 0. The number of nitrogens with one attached hydrogen (secondary N) is 2. The van der Waals surface area contributed by atoms with Gasteiger partial charge in [0.15, 0.2) is 5.69 Å². The van der Waals surface area contributed by atoms with E-state index in [1.54, 1.807) is 12.4 Å². The first-order valence-electron chi connectivity index (χ1n) is 9.84. The molecular formula is C20H27N5O2. The number of rotatable bonds is 7. The van der Waals surface area contributed by atoms with Crippen molar-refractivity contribution in [2.45, 2.75) is 50.8 Å². The molecule has 2 aliphatic carbocycles. The first-order valence-corrected chi connectivity index (χ1v) is 9.84. The largest absolute Gasteiger partial charge is 0.391 e. The Hall–Kier alpha value is -2.41. The standard InChI is InChI=1S/C20H27N5O2/c26-18-11-15(13-25-9-3-8-23-25)10-17(18)24-20(27)19-16(6-2-7-21-19)22-12-14-4-1-5-14/h2-3,6-9,14-15,17-18,22,26H,1,4-5,10-13H2,(H,24,27)/t15?,17-,18-/m1/s1. The second kappa shape index (κ2) is 8.08. The van der Waals surface area contributed by atoms with Gasteiger partial charge in [0.25, 0.3) is 5.91 Å². The molecule has 0 saturated heterocycles. The number of carbonyl (C=O) groups excluding carboxylic acids is 1. The van der Waals surface area contributed by atoms with Crippen LogP contribution in [0.25, 0.3) is 0 Å². The lowest BCUT2D eigenvalue weighted by Crippen LogP contribution is -2.40. The zero-order valence-electron chi connectivity index (χ0n) is 15.4. The van der Waals surface area contributed by atoms with Crippen molar-refractivity contribution < 1.29 is 9.90 Å². The van der Waals surface area contributed by atoms with Crippen molar-refractivity contribution >= 4 is 11.6 Å². The van der Waals surface area contributed by atoms with Gasteiger partial charge in [-0.3, -0.25) is 9.48 Å². The van der Waals surface area contributed by atoms with E-state index in [-0.39, 0.29) is 11.9 Å². The van der Waals surface area contributed by atoms with Crippen LogP contribution in [0, 0.1) is 11.8 Å². The third kappa shape index (κ3) is 4.30. The highest BCUT2D eigenvalue weighted by atomic mass is 16.3. The maximum atomic E-state index is 12.8. The molecule has 2 aromatic heterocycles. The molecule has 2 saturated carbocycles. The van der Waals surface area contributed by atoms with Gasteiger partial charge in [-0.2, -0.15) is 5.10 Å². The lowest BCUT2D eigenvalue weighted by molar-refractivity contribution is 0.0868. The minimum absolute atomic E-state index is 0.226. The summed E-state index contributed by atoms with van der Waals surface area (Å²) in [5.41, 5.74) is 1.17. The number of aliphatic hydroxyl groups is 1. The van der Waals surface area contributed by atoms with Crippen molar-refractivity contribution in [2.75, 3.05) is 11.9 Å². The van der Waals surface area contributed by atoms with Crippen LogP contribution >= 0.6 is 0 Å². The van der Waals surface area contributed by atoms with E-state index in [0.717, 1.165) is 25.2 Å². The Bertz CT molecular complexity index is 759. The summed E-state index contributed by atoms with van der Waals surface area (Å²) in [6.07, 6.45) is 9.98. The Balaban J connectivity index is 1.35. The SMILES string of the molecule is O=C(N[C@@H]1CC(Cn2cccn2)C[C@H]1O)c1ncccc1NCC1CCC1. The number of hydrogen-bond donors (Lipinski definition) is 3. The Kier molecular flexibility index (Phi) is 5.38. The van der Waals surface area contributed by atoms with E-state index in [1.165, 1.54) is 19.3 Å². The Morgan fingerprint density at radius 3 is 2.85 bits per heavy atom. The number of pyridine rings is 1. The molecule has 4 rings (SSSR count). The van der Waals surface area contributed by atoms with Crippen molar-refractivity contribution in [1.29, 1.82) is 0 Å². The minimum atomic E-state index is -0.537. The third-order valence-electron chi connectivity index (χ3n) is 5.78. The summed E-state index contributed by atoms with van der Waals surface area (Å²) in [5.74, 6) is 0.765. The van der Waals surface area contributed by atoms with Gasteiger partial charge in [0, 0.05) is 31.7 Å². The normalized spacial score (nSPS) is 25.1. The number of amides is 1. The average molecular weight is 369 g/mol. The number of aromatic nitrogens is 3. The number of carbonyl (C=O) groups is 1. The number of hydrogen-bond acceptors (Lipinski definition) is 5. The molecule has 0 radical (unpaired) electrons. The molecule has 2 aromatic rings. The first-order chi connectivity index (χ1) is 13.2. The zero-order valence-corrected chi connectivity index (χ0v) is 15.4. The second-order valence-corrected chi connectivity index (χ2v) is 7.79. The van der Waals surface area contributed by atoms with E-state index < -0.39 is 6.10 Å². The fourth-order valence-electron chi connectivity index (χ4n) is 4.01. The molecule has 7 nitrogen and oxygen atoms in total. The predicted octanol–water partition coefficient (Wildman–Crippen LogP) is 2.06. The molecule has 0 spiro atoms. The van der Waals surface area contributed by atoms with Gasteiger partial charge >= 0.3 is 0 Å². The van der Waals surface area contributed by atoms with Crippen molar-refractivity contribution in [3.8, 4) is 0 Å². The quantitative estimate of drug-likeness (QED) is 0.695. The van der Waals surface area contributed by atoms with Crippen molar-refractivity contribution in [3.05, 3.63) is 42.5 Å². The van der Waals surface area contributed by atoms with Gasteiger partial charge in [0.2, 0.25) is 0 Å². The van der Waals surface area contributed by atoms with Crippen LogP contribution in [0.5, 0.6) is 0 Å². The van der Waals surface area contributed by atoms with Crippen molar-refractivity contribution in [2.24, 2.45) is 11.8 Å². The van der Waals surface area contributed by atoms with Crippen LogP contribution in [0.4, 0.5) is 5.69 Å². The van der Waals surface area contributed by atoms with Gasteiger partial charge in [0.05, 0.1) is 17.8 Å². The summed E-state index contributed by atoms with van der Waals surface area (Å²) in [6, 6.07) is 5.38. The molecule has 0 aromatic carbocycles. The van der Waals surface area contributed by atoms with Gasteiger partial charge in [-0.15, -0.1) is 0 Å². The molecule has 2 fully saturated rings. The molecule has 7 heteroatoms.